The number of thiazole rings is 1. The maximum Gasteiger partial charge on any atom is 0.350 e. The van der Waals surface area contributed by atoms with Crippen LogP contribution in [0.5, 0.6) is 0 Å². The predicted octanol–water partition coefficient (Wildman–Crippen LogP) is 7.82. The average Bonchev–Trinajstić information content (AvgIpc) is 3.50. The van der Waals surface area contributed by atoms with Gasteiger partial charge in [0.25, 0.3) is 5.91 Å². The van der Waals surface area contributed by atoms with E-state index in [-0.39, 0.29) is 49.2 Å². The van der Waals surface area contributed by atoms with Gasteiger partial charge in [-0.3, -0.25) is 10.1 Å². The van der Waals surface area contributed by atoms with Crippen LogP contribution in [0.2, 0.25) is 15.1 Å². The van der Waals surface area contributed by atoms with Crippen molar-refractivity contribution >= 4 is 74.1 Å². The van der Waals surface area contributed by atoms with Gasteiger partial charge in [-0.15, -0.1) is 0 Å². The van der Waals surface area contributed by atoms with Gasteiger partial charge in [0, 0.05) is 27.1 Å². The van der Waals surface area contributed by atoms with Crippen LogP contribution < -0.4 is 5.32 Å². The number of carbonyl (C=O) groups is 2. The van der Waals surface area contributed by atoms with E-state index in [4.69, 9.17) is 39.5 Å². The predicted molar refractivity (Wildman–Crippen MR) is 147 cm³/mol. The summed E-state index contributed by atoms with van der Waals surface area (Å²) in [6, 6.07) is 11.2. The molecule has 0 bridgehead atoms. The van der Waals surface area contributed by atoms with E-state index in [0.717, 1.165) is 29.5 Å². The molecule has 0 saturated heterocycles. The highest BCUT2D eigenvalue weighted by atomic mass is 35.5. The summed E-state index contributed by atoms with van der Waals surface area (Å²) in [5.74, 6) is -2.91. The minimum absolute atomic E-state index is 0.00428. The van der Waals surface area contributed by atoms with E-state index in [2.05, 4.69) is 15.4 Å². The molecule has 0 spiro atoms. The highest BCUT2D eigenvalue weighted by Crippen LogP contribution is 2.36. The van der Waals surface area contributed by atoms with E-state index >= 15 is 4.39 Å². The summed E-state index contributed by atoms with van der Waals surface area (Å²) in [6.45, 7) is 1.85. The fraction of sp³-hybridized carbons (Fsp3) is 0.0769. The normalized spacial score (nSPS) is 11.1. The molecule has 0 atom stereocenters. The Morgan fingerprint density at radius 3 is 2.51 bits per heavy atom. The SMILES string of the molecule is CCOC(=O)c1cnc(NC(=O)c2cc(Cl)c(-n3nc(-c4ccc(Cl)cc4F)c4cc(Cl)ccc43)cc2F)s1. The molecule has 0 aliphatic heterocycles. The average molecular weight is 608 g/mol. The number of ether oxygens (including phenoxy) is 1. The third-order valence-electron chi connectivity index (χ3n) is 5.54. The topological polar surface area (TPSA) is 86.1 Å². The molecule has 1 amide bonds. The molecule has 0 aliphatic rings. The number of esters is 1. The van der Waals surface area contributed by atoms with Gasteiger partial charge in [0.2, 0.25) is 0 Å². The highest BCUT2D eigenvalue weighted by Gasteiger charge is 2.22. The van der Waals surface area contributed by atoms with E-state index < -0.39 is 23.5 Å². The van der Waals surface area contributed by atoms with Crippen LogP contribution in [0.1, 0.15) is 27.0 Å². The molecule has 0 saturated carbocycles. The number of carbonyl (C=O) groups excluding carboxylic acids is 2. The van der Waals surface area contributed by atoms with Crippen molar-refractivity contribution in [3.05, 3.63) is 91.9 Å². The molecule has 0 radical (unpaired) electrons. The number of rotatable bonds is 6. The van der Waals surface area contributed by atoms with Gasteiger partial charge < -0.3 is 4.74 Å². The minimum Gasteiger partial charge on any atom is -0.462 e. The number of benzene rings is 3. The summed E-state index contributed by atoms with van der Waals surface area (Å²) in [6.07, 6.45) is 1.25. The molecule has 39 heavy (non-hydrogen) atoms. The third kappa shape index (κ3) is 5.33. The van der Waals surface area contributed by atoms with E-state index in [9.17, 15) is 14.0 Å². The molecule has 3 aromatic carbocycles. The molecule has 13 heteroatoms. The molecule has 0 unspecified atom stereocenters. The zero-order valence-corrected chi connectivity index (χ0v) is 22.9. The molecular formula is C26H15Cl3F2N4O3S. The first-order valence-corrected chi connectivity index (χ1v) is 13.2. The lowest BCUT2D eigenvalue weighted by Crippen LogP contribution is -2.14. The van der Waals surface area contributed by atoms with Crippen molar-refractivity contribution in [3.8, 4) is 16.9 Å². The number of nitrogens with zero attached hydrogens (tertiary/aromatic N) is 3. The lowest BCUT2D eigenvalue weighted by Gasteiger charge is -2.10. The molecule has 2 heterocycles. The lowest BCUT2D eigenvalue weighted by atomic mass is 10.1. The van der Waals surface area contributed by atoms with Crippen LogP contribution in [0, 0.1) is 11.6 Å². The fourth-order valence-electron chi connectivity index (χ4n) is 3.82. The Bertz CT molecular complexity index is 1770. The summed E-state index contributed by atoms with van der Waals surface area (Å²) in [7, 11) is 0. The number of anilines is 1. The van der Waals surface area contributed by atoms with Crippen LogP contribution in [-0.4, -0.2) is 33.2 Å². The largest absolute Gasteiger partial charge is 0.462 e. The van der Waals surface area contributed by atoms with Gasteiger partial charge in [-0.1, -0.05) is 46.1 Å². The Hall–Kier alpha value is -3.57. The van der Waals surface area contributed by atoms with Gasteiger partial charge in [0.15, 0.2) is 5.13 Å². The van der Waals surface area contributed by atoms with Gasteiger partial charge in [-0.05, 0) is 49.4 Å². The second-order valence-electron chi connectivity index (χ2n) is 8.03. The van der Waals surface area contributed by atoms with Gasteiger partial charge >= 0.3 is 5.97 Å². The Labute approximate surface area is 238 Å². The third-order valence-corrected chi connectivity index (χ3v) is 7.21. The first-order chi connectivity index (χ1) is 18.7. The number of fused-ring (bicyclic) bond motifs is 1. The van der Waals surface area contributed by atoms with Crippen molar-refractivity contribution < 1.29 is 23.1 Å². The zero-order valence-electron chi connectivity index (χ0n) is 19.8. The number of hydrogen-bond acceptors (Lipinski definition) is 6. The molecule has 198 valence electrons. The van der Waals surface area contributed by atoms with Crippen molar-refractivity contribution in [1.82, 2.24) is 14.8 Å². The Balaban J connectivity index is 1.53. The summed E-state index contributed by atoms with van der Waals surface area (Å²) < 4.78 is 36.3. The quantitative estimate of drug-likeness (QED) is 0.199. The van der Waals surface area contributed by atoms with Crippen LogP contribution in [0.4, 0.5) is 13.9 Å². The molecule has 5 aromatic rings. The number of aromatic nitrogens is 3. The number of halogens is 5. The highest BCUT2D eigenvalue weighted by molar-refractivity contribution is 7.17. The van der Waals surface area contributed by atoms with E-state index in [1.807, 2.05) is 0 Å². The standard InChI is InChI=1S/C26H15Cl3F2N4O3S/c1-2-38-25(37)22-11-32-26(39-22)33-24(36)15-9-17(29)21(10-19(15)31)35-20-6-4-12(27)7-16(20)23(34-35)14-5-3-13(28)8-18(14)30/h3-11H,2H2,1H3,(H,32,33,36). The van der Waals surface area contributed by atoms with Crippen LogP contribution in [0.25, 0.3) is 27.8 Å². The van der Waals surface area contributed by atoms with Gasteiger partial charge in [0.05, 0.1) is 34.6 Å². The lowest BCUT2D eigenvalue weighted by molar-refractivity contribution is 0.0531. The maximum absolute atomic E-state index is 15.3. The van der Waals surface area contributed by atoms with Crippen LogP contribution in [0.15, 0.2) is 54.7 Å². The number of hydrogen-bond donors (Lipinski definition) is 1. The molecule has 5 rings (SSSR count). The maximum atomic E-state index is 15.3. The monoisotopic (exact) mass is 606 g/mol. The van der Waals surface area contributed by atoms with E-state index in [1.165, 1.54) is 23.0 Å². The van der Waals surface area contributed by atoms with Crippen molar-refractivity contribution in [2.45, 2.75) is 6.92 Å². The van der Waals surface area contributed by atoms with Crippen molar-refractivity contribution in [3.63, 3.8) is 0 Å². The number of amides is 1. The molecule has 0 fully saturated rings. The summed E-state index contributed by atoms with van der Waals surface area (Å²) in [5.41, 5.74) is 0.610. The van der Waals surface area contributed by atoms with E-state index in [1.54, 1.807) is 25.1 Å². The van der Waals surface area contributed by atoms with Crippen molar-refractivity contribution in [2.24, 2.45) is 0 Å². The molecular weight excluding hydrogens is 593 g/mol. The van der Waals surface area contributed by atoms with E-state index in [0.29, 0.717) is 15.9 Å². The van der Waals surface area contributed by atoms with Crippen LogP contribution >= 0.6 is 46.1 Å². The summed E-state index contributed by atoms with van der Waals surface area (Å²) in [5, 5.41) is 8.12. The summed E-state index contributed by atoms with van der Waals surface area (Å²) in [4.78, 5) is 28.8. The molecule has 7 nitrogen and oxygen atoms in total. The van der Waals surface area contributed by atoms with Gasteiger partial charge in [-0.25, -0.2) is 23.2 Å². The zero-order chi connectivity index (χ0) is 27.8. The van der Waals surface area contributed by atoms with Gasteiger partial charge in [-0.2, -0.15) is 5.10 Å². The molecule has 2 aromatic heterocycles. The first-order valence-electron chi connectivity index (χ1n) is 11.2. The second kappa shape index (κ2) is 10.9. The Kier molecular flexibility index (Phi) is 7.55. The molecule has 0 aliphatic carbocycles. The second-order valence-corrected chi connectivity index (χ2v) is 10.3. The van der Waals surface area contributed by atoms with Crippen molar-refractivity contribution in [2.75, 3.05) is 11.9 Å². The van der Waals surface area contributed by atoms with Crippen LogP contribution in [-0.2, 0) is 4.74 Å². The number of nitrogens with one attached hydrogen (secondary N) is 1. The smallest absolute Gasteiger partial charge is 0.350 e. The first kappa shape index (κ1) is 27.0. The Morgan fingerprint density at radius 1 is 1.03 bits per heavy atom. The fourth-order valence-corrected chi connectivity index (χ4v) is 5.10. The van der Waals surface area contributed by atoms with Gasteiger partial charge in [0.1, 0.15) is 22.2 Å². The molecule has 1 N–H and O–H groups in total. The minimum atomic E-state index is -0.897. The van der Waals surface area contributed by atoms with Crippen LogP contribution in [0.3, 0.4) is 0 Å². The Morgan fingerprint density at radius 2 is 1.77 bits per heavy atom. The van der Waals surface area contributed by atoms with Crippen molar-refractivity contribution in [1.29, 1.82) is 0 Å². The summed E-state index contributed by atoms with van der Waals surface area (Å²) >= 11 is 19.5.